The maximum atomic E-state index is 12.6. The number of rotatable bonds is 6. The molecule has 1 saturated heterocycles. The summed E-state index contributed by atoms with van der Waals surface area (Å²) >= 11 is 0. The van der Waals surface area contributed by atoms with E-state index in [0.717, 1.165) is 24.1 Å². The lowest BCUT2D eigenvalue weighted by Gasteiger charge is -2.27. The highest BCUT2D eigenvalue weighted by Crippen LogP contribution is 2.26. The lowest BCUT2D eigenvalue weighted by molar-refractivity contribution is -0.116. The van der Waals surface area contributed by atoms with Crippen LogP contribution in [0, 0.1) is 0 Å². The first-order valence-corrected chi connectivity index (χ1v) is 8.83. The van der Waals surface area contributed by atoms with Crippen molar-refractivity contribution in [3.8, 4) is 0 Å². The first-order chi connectivity index (χ1) is 11.5. The maximum Gasteiger partial charge on any atom is 0.254 e. The first-order valence-electron chi connectivity index (χ1n) is 8.83. The predicted octanol–water partition coefficient (Wildman–Crippen LogP) is 3.41. The number of carbonyl (C=O) groups is 2. The summed E-state index contributed by atoms with van der Waals surface area (Å²) in [7, 11) is 0. The second-order valence-electron chi connectivity index (χ2n) is 6.51. The van der Waals surface area contributed by atoms with E-state index in [1.165, 1.54) is 0 Å². The summed E-state index contributed by atoms with van der Waals surface area (Å²) in [5, 5.41) is 2.99. The predicted molar refractivity (Wildman–Crippen MR) is 95.4 cm³/mol. The fraction of sp³-hybridized carbons (Fsp3) is 0.579. The highest BCUT2D eigenvalue weighted by atomic mass is 16.5. The molecule has 1 aliphatic rings. The molecule has 0 bridgehead atoms. The summed E-state index contributed by atoms with van der Waals surface area (Å²) in [6, 6.07) is 5.62. The molecule has 1 fully saturated rings. The van der Waals surface area contributed by atoms with Crippen LogP contribution in [0.5, 0.6) is 0 Å². The second-order valence-corrected chi connectivity index (χ2v) is 6.51. The molecule has 1 aliphatic heterocycles. The molecule has 5 nitrogen and oxygen atoms in total. The summed E-state index contributed by atoms with van der Waals surface area (Å²) in [6.07, 6.45) is 2.37. The summed E-state index contributed by atoms with van der Waals surface area (Å²) < 4.78 is 5.30. The summed E-state index contributed by atoms with van der Waals surface area (Å²) in [5.74, 6) is 0.284. The van der Waals surface area contributed by atoms with E-state index in [9.17, 15) is 9.59 Å². The van der Waals surface area contributed by atoms with Gasteiger partial charge in [-0.1, -0.05) is 33.3 Å². The maximum absolute atomic E-state index is 12.6. The minimum Gasteiger partial charge on any atom is -0.378 e. The number of unbranched alkanes of at least 4 members (excludes halogenated alkanes) is 1. The zero-order valence-electron chi connectivity index (χ0n) is 14.9. The third-order valence-electron chi connectivity index (χ3n) is 4.25. The summed E-state index contributed by atoms with van der Waals surface area (Å²) in [5.41, 5.74) is 2.43. The van der Waals surface area contributed by atoms with E-state index in [-0.39, 0.29) is 17.7 Å². The Morgan fingerprint density at radius 1 is 1.25 bits per heavy atom. The highest BCUT2D eigenvalue weighted by molar-refractivity contribution is 5.98. The smallest absolute Gasteiger partial charge is 0.254 e. The molecule has 0 unspecified atom stereocenters. The van der Waals surface area contributed by atoms with Gasteiger partial charge in [-0.3, -0.25) is 9.59 Å². The van der Waals surface area contributed by atoms with Gasteiger partial charge in [-0.2, -0.15) is 0 Å². The van der Waals surface area contributed by atoms with Crippen LogP contribution in [-0.4, -0.2) is 43.0 Å². The Labute approximate surface area is 144 Å². The van der Waals surface area contributed by atoms with E-state index in [0.29, 0.717) is 38.3 Å². The molecule has 0 aromatic heterocycles. The first kappa shape index (κ1) is 18.5. The van der Waals surface area contributed by atoms with Crippen molar-refractivity contribution in [2.75, 3.05) is 31.6 Å². The number of hydrogen-bond acceptors (Lipinski definition) is 3. The molecule has 0 spiro atoms. The fourth-order valence-electron chi connectivity index (χ4n) is 2.80. The van der Waals surface area contributed by atoms with Crippen molar-refractivity contribution in [2.45, 2.75) is 46.0 Å². The number of benzene rings is 1. The Bertz CT molecular complexity index is 578. The number of carbonyl (C=O) groups excluding carboxylic acids is 2. The van der Waals surface area contributed by atoms with Crippen LogP contribution in [0.3, 0.4) is 0 Å². The number of amides is 2. The normalized spacial score (nSPS) is 14.8. The summed E-state index contributed by atoms with van der Waals surface area (Å²) in [6.45, 7) is 8.62. The molecule has 1 aromatic carbocycles. The molecule has 1 N–H and O–H groups in total. The van der Waals surface area contributed by atoms with E-state index < -0.39 is 0 Å². The van der Waals surface area contributed by atoms with Gasteiger partial charge >= 0.3 is 0 Å². The van der Waals surface area contributed by atoms with Gasteiger partial charge < -0.3 is 15.0 Å². The van der Waals surface area contributed by atoms with E-state index in [1.54, 1.807) is 4.90 Å². The van der Waals surface area contributed by atoms with Gasteiger partial charge in [0.1, 0.15) is 0 Å². The number of morpholine rings is 1. The van der Waals surface area contributed by atoms with Gasteiger partial charge in [0.15, 0.2) is 0 Å². The van der Waals surface area contributed by atoms with E-state index in [1.807, 2.05) is 18.2 Å². The van der Waals surface area contributed by atoms with Crippen LogP contribution in [0.15, 0.2) is 18.2 Å². The van der Waals surface area contributed by atoms with Crippen molar-refractivity contribution in [1.82, 2.24) is 4.90 Å². The third-order valence-corrected chi connectivity index (χ3v) is 4.25. The van der Waals surface area contributed by atoms with E-state index in [4.69, 9.17) is 4.74 Å². The van der Waals surface area contributed by atoms with Gasteiger partial charge in [0.2, 0.25) is 5.91 Å². The molecule has 5 heteroatoms. The lowest BCUT2D eigenvalue weighted by atomic mass is 9.98. The van der Waals surface area contributed by atoms with Crippen LogP contribution in [0.1, 0.15) is 61.9 Å². The molecule has 0 atom stereocenters. The van der Waals surface area contributed by atoms with Gasteiger partial charge in [0.05, 0.1) is 13.2 Å². The molecular formula is C19H28N2O3. The molecule has 2 rings (SSSR count). The van der Waals surface area contributed by atoms with Crippen molar-refractivity contribution >= 4 is 17.5 Å². The van der Waals surface area contributed by atoms with Gasteiger partial charge in [-0.05, 0) is 30.0 Å². The van der Waals surface area contributed by atoms with Crippen LogP contribution >= 0.6 is 0 Å². The van der Waals surface area contributed by atoms with Crippen molar-refractivity contribution < 1.29 is 14.3 Å². The Morgan fingerprint density at radius 3 is 2.58 bits per heavy atom. The van der Waals surface area contributed by atoms with Gasteiger partial charge in [0, 0.05) is 30.8 Å². The van der Waals surface area contributed by atoms with E-state index >= 15 is 0 Å². The van der Waals surface area contributed by atoms with Crippen LogP contribution in [0.4, 0.5) is 5.69 Å². The van der Waals surface area contributed by atoms with Crippen LogP contribution < -0.4 is 5.32 Å². The topological polar surface area (TPSA) is 58.6 Å². The largest absolute Gasteiger partial charge is 0.378 e. The number of nitrogens with one attached hydrogen (secondary N) is 1. The molecule has 0 saturated carbocycles. The quantitative estimate of drug-likeness (QED) is 0.868. The Kier molecular flexibility index (Phi) is 6.79. The fourth-order valence-corrected chi connectivity index (χ4v) is 2.80. The molecule has 0 aliphatic carbocycles. The zero-order chi connectivity index (χ0) is 17.5. The molecule has 1 aromatic rings. The average Bonchev–Trinajstić information content (AvgIpc) is 2.59. The number of nitrogens with zero attached hydrogens (tertiary/aromatic N) is 1. The highest BCUT2D eigenvalue weighted by Gasteiger charge is 2.20. The summed E-state index contributed by atoms with van der Waals surface area (Å²) in [4.78, 5) is 26.6. The van der Waals surface area contributed by atoms with Crippen LogP contribution in [0.25, 0.3) is 0 Å². The SMILES string of the molecule is CCCCC(=O)Nc1cc(C(=O)N2CCOCC2)ccc1C(C)C. The molecular weight excluding hydrogens is 304 g/mol. The van der Waals surface area contributed by atoms with Crippen molar-refractivity contribution in [2.24, 2.45) is 0 Å². The molecule has 2 amide bonds. The zero-order valence-corrected chi connectivity index (χ0v) is 14.9. The van der Waals surface area contributed by atoms with Crippen molar-refractivity contribution in [3.63, 3.8) is 0 Å². The number of anilines is 1. The van der Waals surface area contributed by atoms with Crippen molar-refractivity contribution in [1.29, 1.82) is 0 Å². The molecule has 132 valence electrons. The minimum absolute atomic E-state index is 0.00216. The van der Waals surface area contributed by atoms with Crippen molar-refractivity contribution in [3.05, 3.63) is 29.3 Å². The van der Waals surface area contributed by atoms with Crippen LogP contribution in [0.2, 0.25) is 0 Å². The Hall–Kier alpha value is -1.88. The number of ether oxygens (including phenoxy) is 1. The average molecular weight is 332 g/mol. The second kappa shape index (κ2) is 8.83. The van der Waals surface area contributed by atoms with E-state index in [2.05, 4.69) is 26.1 Å². The van der Waals surface area contributed by atoms with Gasteiger partial charge in [-0.25, -0.2) is 0 Å². The Morgan fingerprint density at radius 2 is 1.96 bits per heavy atom. The standard InChI is InChI=1S/C19H28N2O3/c1-4-5-6-18(22)20-17-13-15(7-8-16(17)14(2)3)19(23)21-9-11-24-12-10-21/h7-8,13-14H,4-6,9-12H2,1-3H3,(H,20,22). The van der Waals surface area contributed by atoms with Crippen LogP contribution in [-0.2, 0) is 9.53 Å². The number of hydrogen-bond donors (Lipinski definition) is 1. The monoisotopic (exact) mass is 332 g/mol. The lowest BCUT2D eigenvalue weighted by Crippen LogP contribution is -2.40. The van der Waals surface area contributed by atoms with Gasteiger partial charge in [-0.15, -0.1) is 0 Å². The minimum atomic E-state index is -0.00216. The molecule has 24 heavy (non-hydrogen) atoms. The molecule has 1 heterocycles. The third kappa shape index (κ3) is 4.81. The van der Waals surface area contributed by atoms with Gasteiger partial charge in [0.25, 0.3) is 5.91 Å². The molecule has 0 radical (unpaired) electrons. The Balaban J connectivity index is 2.19.